The second-order valence-electron chi connectivity index (χ2n) is 5.26. The summed E-state index contributed by atoms with van der Waals surface area (Å²) in [5, 5.41) is 2.85. The molecule has 22 heavy (non-hydrogen) atoms. The minimum Gasteiger partial charge on any atom is -0.467 e. The second-order valence-corrected chi connectivity index (χ2v) is 5.26. The van der Waals surface area contributed by atoms with E-state index >= 15 is 0 Å². The zero-order chi connectivity index (χ0) is 15.5. The summed E-state index contributed by atoms with van der Waals surface area (Å²) in [6.45, 7) is 2.71. The van der Waals surface area contributed by atoms with Gasteiger partial charge in [-0.1, -0.05) is 24.3 Å². The summed E-state index contributed by atoms with van der Waals surface area (Å²) in [4.78, 5) is 26.5. The van der Waals surface area contributed by atoms with E-state index in [0.29, 0.717) is 25.3 Å². The molecule has 0 saturated carbocycles. The monoisotopic (exact) mass is 298 g/mol. The summed E-state index contributed by atoms with van der Waals surface area (Å²) in [6, 6.07) is 10.6. The van der Waals surface area contributed by atoms with Gasteiger partial charge in [-0.3, -0.25) is 9.59 Å². The molecule has 114 valence electrons. The topological polar surface area (TPSA) is 62.6 Å². The van der Waals surface area contributed by atoms with Crippen molar-refractivity contribution in [2.24, 2.45) is 0 Å². The van der Waals surface area contributed by atoms with Gasteiger partial charge in [0, 0.05) is 6.54 Å². The smallest absolute Gasteiger partial charge is 0.247 e. The molecule has 1 aromatic heterocycles. The van der Waals surface area contributed by atoms with Crippen LogP contribution in [0.15, 0.2) is 47.1 Å². The zero-order valence-electron chi connectivity index (χ0n) is 12.4. The average molecular weight is 298 g/mol. The Balaban J connectivity index is 1.85. The Kier molecular flexibility index (Phi) is 3.96. The van der Waals surface area contributed by atoms with Crippen molar-refractivity contribution in [2.45, 2.75) is 25.9 Å². The summed E-state index contributed by atoms with van der Waals surface area (Å²) >= 11 is 0. The Hall–Kier alpha value is -2.56. The van der Waals surface area contributed by atoms with Crippen LogP contribution in [0.4, 0.5) is 0 Å². The number of carbonyl (C=O) groups is 2. The maximum Gasteiger partial charge on any atom is 0.247 e. The number of fused-ring (bicyclic) bond motifs is 1. The van der Waals surface area contributed by atoms with Crippen LogP contribution in [0.1, 0.15) is 29.9 Å². The first-order chi connectivity index (χ1) is 10.7. The summed E-state index contributed by atoms with van der Waals surface area (Å²) in [5.74, 6) is 0.491. The van der Waals surface area contributed by atoms with Gasteiger partial charge in [-0.25, -0.2) is 0 Å². The normalized spacial score (nSPS) is 17.2. The summed E-state index contributed by atoms with van der Waals surface area (Å²) in [5.41, 5.74) is 1.83. The van der Waals surface area contributed by atoms with Crippen LogP contribution in [-0.2, 0) is 22.6 Å². The molecule has 1 unspecified atom stereocenters. The van der Waals surface area contributed by atoms with Gasteiger partial charge in [-0.05, 0) is 30.2 Å². The lowest BCUT2D eigenvalue weighted by Gasteiger charge is -2.35. The van der Waals surface area contributed by atoms with Gasteiger partial charge in [0.15, 0.2) is 0 Å². The molecule has 2 heterocycles. The number of rotatable bonds is 4. The third-order valence-corrected chi connectivity index (χ3v) is 3.93. The summed E-state index contributed by atoms with van der Waals surface area (Å²) in [6.07, 6.45) is 1.92. The number of furan rings is 1. The highest BCUT2D eigenvalue weighted by Gasteiger charge is 2.35. The van der Waals surface area contributed by atoms with Crippen molar-refractivity contribution >= 4 is 11.8 Å². The molecule has 2 aromatic rings. The molecule has 1 N–H and O–H groups in total. The first-order valence-corrected chi connectivity index (χ1v) is 7.38. The highest BCUT2D eigenvalue weighted by Crippen LogP contribution is 2.30. The lowest BCUT2D eigenvalue weighted by atomic mass is 9.91. The van der Waals surface area contributed by atoms with Crippen molar-refractivity contribution in [2.75, 3.05) is 6.54 Å². The molecule has 2 amide bonds. The molecule has 1 aliphatic heterocycles. The van der Waals surface area contributed by atoms with E-state index in [2.05, 4.69) is 5.32 Å². The molecule has 0 aliphatic carbocycles. The van der Waals surface area contributed by atoms with E-state index in [4.69, 9.17) is 4.42 Å². The predicted molar refractivity (Wildman–Crippen MR) is 80.8 cm³/mol. The number of likely N-dealkylation sites (N-methyl/N-ethyl adjacent to an activating group) is 1. The standard InChI is InChI=1S/C17H18N2O3/c1-2-19-15(20)10-12-6-3-4-8-14(12)16(19)17(21)18-11-13-7-5-9-22-13/h3-9,16H,2,10-11H2,1H3,(H,18,21). The van der Waals surface area contributed by atoms with Gasteiger partial charge in [0.05, 0.1) is 19.2 Å². The van der Waals surface area contributed by atoms with Gasteiger partial charge in [0.25, 0.3) is 0 Å². The third kappa shape index (κ3) is 2.62. The fraction of sp³-hybridized carbons (Fsp3) is 0.294. The van der Waals surface area contributed by atoms with E-state index in [1.807, 2.05) is 31.2 Å². The van der Waals surface area contributed by atoms with Crippen molar-refractivity contribution in [1.82, 2.24) is 10.2 Å². The van der Waals surface area contributed by atoms with E-state index in [1.165, 1.54) is 0 Å². The largest absolute Gasteiger partial charge is 0.467 e. The van der Waals surface area contributed by atoms with Crippen LogP contribution in [0.25, 0.3) is 0 Å². The second kappa shape index (κ2) is 6.05. The number of benzene rings is 1. The first kappa shape index (κ1) is 14.4. The van der Waals surface area contributed by atoms with Gasteiger partial charge < -0.3 is 14.6 Å². The van der Waals surface area contributed by atoms with Crippen LogP contribution in [-0.4, -0.2) is 23.3 Å². The number of nitrogens with one attached hydrogen (secondary N) is 1. The number of nitrogens with zero attached hydrogens (tertiary/aromatic N) is 1. The molecule has 5 nitrogen and oxygen atoms in total. The fourth-order valence-electron chi connectivity index (χ4n) is 2.86. The average Bonchev–Trinajstić information content (AvgIpc) is 3.04. The SMILES string of the molecule is CCN1C(=O)Cc2ccccc2C1C(=O)NCc1ccco1. The predicted octanol–water partition coefficient (Wildman–Crippen LogP) is 2.04. The minimum atomic E-state index is -0.572. The minimum absolute atomic E-state index is 0.0145. The van der Waals surface area contributed by atoms with E-state index < -0.39 is 6.04 Å². The number of hydrogen-bond donors (Lipinski definition) is 1. The van der Waals surface area contributed by atoms with Gasteiger partial charge in [0.2, 0.25) is 11.8 Å². The molecule has 0 spiro atoms. The molecule has 1 aliphatic rings. The molecular weight excluding hydrogens is 280 g/mol. The molecule has 0 saturated heterocycles. The lowest BCUT2D eigenvalue weighted by molar-refractivity contribution is -0.141. The van der Waals surface area contributed by atoms with Crippen molar-refractivity contribution in [3.63, 3.8) is 0 Å². The third-order valence-electron chi connectivity index (χ3n) is 3.93. The van der Waals surface area contributed by atoms with E-state index in [9.17, 15) is 9.59 Å². The maximum atomic E-state index is 12.6. The van der Waals surface area contributed by atoms with Crippen molar-refractivity contribution in [1.29, 1.82) is 0 Å². The van der Waals surface area contributed by atoms with Crippen LogP contribution < -0.4 is 5.32 Å². The van der Waals surface area contributed by atoms with Crippen LogP contribution in [0, 0.1) is 0 Å². The Morgan fingerprint density at radius 2 is 2.14 bits per heavy atom. The van der Waals surface area contributed by atoms with Crippen molar-refractivity contribution < 1.29 is 14.0 Å². The number of carbonyl (C=O) groups excluding carboxylic acids is 2. The van der Waals surface area contributed by atoms with Crippen LogP contribution in [0.5, 0.6) is 0 Å². The Morgan fingerprint density at radius 1 is 1.32 bits per heavy atom. The van der Waals surface area contributed by atoms with E-state index in [0.717, 1.165) is 11.1 Å². The van der Waals surface area contributed by atoms with E-state index in [1.54, 1.807) is 23.3 Å². The molecule has 0 bridgehead atoms. The molecule has 3 rings (SSSR count). The zero-order valence-corrected chi connectivity index (χ0v) is 12.4. The first-order valence-electron chi connectivity index (χ1n) is 7.38. The molecule has 0 fully saturated rings. The van der Waals surface area contributed by atoms with Gasteiger partial charge in [-0.15, -0.1) is 0 Å². The van der Waals surface area contributed by atoms with Gasteiger partial charge in [0.1, 0.15) is 11.8 Å². The molecule has 0 radical (unpaired) electrons. The Bertz CT molecular complexity index is 679. The summed E-state index contributed by atoms with van der Waals surface area (Å²) < 4.78 is 5.22. The van der Waals surface area contributed by atoms with Crippen molar-refractivity contribution in [3.8, 4) is 0 Å². The lowest BCUT2D eigenvalue weighted by Crippen LogP contribution is -2.47. The molecule has 1 aromatic carbocycles. The molecular formula is C17H18N2O3. The fourth-order valence-corrected chi connectivity index (χ4v) is 2.86. The number of hydrogen-bond acceptors (Lipinski definition) is 3. The Labute approximate surface area is 128 Å². The summed E-state index contributed by atoms with van der Waals surface area (Å²) in [7, 11) is 0. The van der Waals surface area contributed by atoms with Crippen LogP contribution in [0.3, 0.4) is 0 Å². The highest BCUT2D eigenvalue weighted by molar-refractivity contribution is 5.92. The Morgan fingerprint density at radius 3 is 2.86 bits per heavy atom. The number of amides is 2. The van der Waals surface area contributed by atoms with Crippen molar-refractivity contribution in [3.05, 3.63) is 59.5 Å². The van der Waals surface area contributed by atoms with E-state index in [-0.39, 0.29) is 11.8 Å². The van der Waals surface area contributed by atoms with Crippen LogP contribution >= 0.6 is 0 Å². The highest BCUT2D eigenvalue weighted by atomic mass is 16.3. The molecule has 5 heteroatoms. The molecule has 1 atom stereocenters. The maximum absolute atomic E-state index is 12.6. The quantitative estimate of drug-likeness (QED) is 0.939. The van der Waals surface area contributed by atoms with Crippen LogP contribution in [0.2, 0.25) is 0 Å². The van der Waals surface area contributed by atoms with Gasteiger partial charge in [-0.2, -0.15) is 0 Å². The van der Waals surface area contributed by atoms with Gasteiger partial charge >= 0.3 is 0 Å².